The summed E-state index contributed by atoms with van der Waals surface area (Å²) < 4.78 is 9.85. The minimum absolute atomic E-state index is 0.187. The Hall–Kier alpha value is -1.84. The summed E-state index contributed by atoms with van der Waals surface area (Å²) >= 11 is 0. The van der Waals surface area contributed by atoms with E-state index in [1.54, 1.807) is 19.9 Å². The van der Waals surface area contributed by atoms with Crippen molar-refractivity contribution in [3.05, 3.63) is 28.8 Å². The molecule has 0 saturated heterocycles. The molecule has 0 bridgehead atoms. The van der Waals surface area contributed by atoms with Gasteiger partial charge in [0, 0.05) is 11.1 Å². The van der Waals surface area contributed by atoms with Crippen LogP contribution in [0.25, 0.3) is 0 Å². The Labute approximate surface area is 101 Å². The van der Waals surface area contributed by atoms with Gasteiger partial charge in [-0.05, 0) is 38.5 Å². The van der Waals surface area contributed by atoms with Crippen LogP contribution >= 0.6 is 0 Å². The van der Waals surface area contributed by atoms with Crippen LogP contribution in [0.5, 0.6) is 5.75 Å². The van der Waals surface area contributed by atoms with E-state index in [-0.39, 0.29) is 6.61 Å². The van der Waals surface area contributed by atoms with Crippen LogP contribution in [0.2, 0.25) is 0 Å². The summed E-state index contributed by atoms with van der Waals surface area (Å²) in [7, 11) is 1.53. The summed E-state index contributed by atoms with van der Waals surface area (Å²) in [5.41, 5.74) is 1.84. The molecule has 0 aliphatic heterocycles. The molecule has 4 heteroatoms. The number of benzene rings is 1. The first-order valence-corrected chi connectivity index (χ1v) is 5.38. The molecule has 1 rings (SSSR count). The molecule has 0 N–H and O–H groups in total. The third-order valence-electron chi connectivity index (χ3n) is 2.43. The van der Waals surface area contributed by atoms with Crippen molar-refractivity contribution in [2.45, 2.75) is 20.8 Å². The first-order valence-electron chi connectivity index (χ1n) is 5.38. The molecule has 1 aromatic carbocycles. The van der Waals surface area contributed by atoms with E-state index in [1.807, 2.05) is 13.0 Å². The molecule has 0 saturated carbocycles. The van der Waals surface area contributed by atoms with Crippen molar-refractivity contribution < 1.29 is 19.1 Å². The number of methoxy groups -OCH3 is 1. The Morgan fingerprint density at radius 1 is 1.24 bits per heavy atom. The Bertz CT molecular complexity index is 449. The standard InChI is InChI=1S/C13H16O4/c1-5-17-13(15)12(14)10-6-8(2)7-11(16-4)9(10)3/h6-7H,5H2,1-4H3. The van der Waals surface area contributed by atoms with Gasteiger partial charge in [0.1, 0.15) is 5.75 Å². The molecular weight excluding hydrogens is 220 g/mol. The lowest BCUT2D eigenvalue weighted by Crippen LogP contribution is -2.19. The van der Waals surface area contributed by atoms with Crippen LogP contribution in [-0.4, -0.2) is 25.5 Å². The Morgan fingerprint density at radius 2 is 1.88 bits per heavy atom. The fourth-order valence-corrected chi connectivity index (χ4v) is 1.58. The van der Waals surface area contributed by atoms with Gasteiger partial charge < -0.3 is 9.47 Å². The van der Waals surface area contributed by atoms with Crippen molar-refractivity contribution in [3.63, 3.8) is 0 Å². The maximum absolute atomic E-state index is 11.8. The van der Waals surface area contributed by atoms with Crippen molar-refractivity contribution in [3.8, 4) is 5.75 Å². The number of rotatable bonds is 4. The lowest BCUT2D eigenvalue weighted by atomic mass is 10.0. The van der Waals surface area contributed by atoms with Gasteiger partial charge in [0.15, 0.2) is 0 Å². The van der Waals surface area contributed by atoms with Gasteiger partial charge in [0.25, 0.3) is 5.78 Å². The predicted octanol–water partition coefficient (Wildman–Crippen LogP) is 2.06. The van der Waals surface area contributed by atoms with E-state index in [9.17, 15) is 9.59 Å². The van der Waals surface area contributed by atoms with Crippen LogP contribution in [0.15, 0.2) is 12.1 Å². The van der Waals surface area contributed by atoms with Gasteiger partial charge in [-0.1, -0.05) is 0 Å². The number of hydrogen-bond acceptors (Lipinski definition) is 4. The molecule has 4 nitrogen and oxygen atoms in total. The highest BCUT2D eigenvalue weighted by molar-refractivity contribution is 6.41. The summed E-state index contributed by atoms with van der Waals surface area (Å²) in [6, 6.07) is 3.48. The Morgan fingerprint density at radius 3 is 2.41 bits per heavy atom. The highest BCUT2D eigenvalue weighted by atomic mass is 16.5. The zero-order chi connectivity index (χ0) is 13.0. The van der Waals surface area contributed by atoms with Crippen LogP contribution in [0, 0.1) is 13.8 Å². The molecule has 1 aromatic rings. The molecule has 0 aliphatic rings. The minimum Gasteiger partial charge on any atom is -0.496 e. The van der Waals surface area contributed by atoms with E-state index in [0.29, 0.717) is 16.9 Å². The topological polar surface area (TPSA) is 52.6 Å². The van der Waals surface area contributed by atoms with Gasteiger partial charge in [-0.3, -0.25) is 4.79 Å². The van der Waals surface area contributed by atoms with Crippen LogP contribution in [0.1, 0.15) is 28.4 Å². The van der Waals surface area contributed by atoms with Gasteiger partial charge in [-0.25, -0.2) is 4.79 Å². The second-order valence-electron chi connectivity index (χ2n) is 3.69. The maximum atomic E-state index is 11.8. The monoisotopic (exact) mass is 236 g/mol. The number of hydrogen-bond donors (Lipinski definition) is 0. The minimum atomic E-state index is -0.830. The molecule has 0 atom stereocenters. The van der Waals surface area contributed by atoms with Crippen LogP contribution in [0.4, 0.5) is 0 Å². The molecule has 0 amide bonds. The van der Waals surface area contributed by atoms with Crippen molar-refractivity contribution in [2.75, 3.05) is 13.7 Å². The van der Waals surface area contributed by atoms with Gasteiger partial charge in [0.2, 0.25) is 0 Å². The number of carbonyl (C=O) groups is 2. The van der Waals surface area contributed by atoms with Crippen molar-refractivity contribution in [1.82, 2.24) is 0 Å². The van der Waals surface area contributed by atoms with Crippen LogP contribution < -0.4 is 4.74 Å². The van der Waals surface area contributed by atoms with E-state index in [4.69, 9.17) is 9.47 Å². The number of aryl methyl sites for hydroxylation is 1. The summed E-state index contributed by atoms with van der Waals surface area (Å²) in [6.07, 6.45) is 0. The van der Waals surface area contributed by atoms with Gasteiger partial charge in [-0.2, -0.15) is 0 Å². The molecule has 0 radical (unpaired) electrons. The number of ketones is 1. The largest absolute Gasteiger partial charge is 0.496 e. The molecule has 0 aromatic heterocycles. The quantitative estimate of drug-likeness (QED) is 0.456. The second kappa shape index (κ2) is 5.48. The van der Waals surface area contributed by atoms with Crippen LogP contribution in [-0.2, 0) is 9.53 Å². The molecule has 0 fully saturated rings. The third kappa shape index (κ3) is 2.84. The highest BCUT2D eigenvalue weighted by Gasteiger charge is 2.21. The van der Waals surface area contributed by atoms with E-state index in [1.165, 1.54) is 7.11 Å². The van der Waals surface area contributed by atoms with E-state index in [0.717, 1.165) is 5.56 Å². The first kappa shape index (κ1) is 13.2. The average Bonchev–Trinajstić information content (AvgIpc) is 2.31. The second-order valence-corrected chi connectivity index (χ2v) is 3.69. The predicted molar refractivity (Wildman–Crippen MR) is 63.4 cm³/mol. The third-order valence-corrected chi connectivity index (χ3v) is 2.43. The molecule has 92 valence electrons. The van der Waals surface area contributed by atoms with Gasteiger partial charge in [-0.15, -0.1) is 0 Å². The molecule has 0 spiro atoms. The lowest BCUT2D eigenvalue weighted by molar-refractivity contribution is -0.137. The van der Waals surface area contributed by atoms with Crippen molar-refractivity contribution in [1.29, 1.82) is 0 Å². The molecule has 17 heavy (non-hydrogen) atoms. The van der Waals surface area contributed by atoms with Crippen molar-refractivity contribution in [2.24, 2.45) is 0 Å². The van der Waals surface area contributed by atoms with Crippen LogP contribution in [0.3, 0.4) is 0 Å². The Kier molecular flexibility index (Phi) is 4.26. The fourth-order valence-electron chi connectivity index (χ4n) is 1.58. The molecule has 0 aliphatic carbocycles. The zero-order valence-electron chi connectivity index (χ0n) is 10.5. The summed E-state index contributed by atoms with van der Waals surface area (Å²) in [6.45, 7) is 5.43. The zero-order valence-corrected chi connectivity index (χ0v) is 10.5. The van der Waals surface area contributed by atoms with E-state index >= 15 is 0 Å². The van der Waals surface area contributed by atoms with E-state index < -0.39 is 11.8 Å². The lowest BCUT2D eigenvalue weighted by Gasteiger charge is -2.10. The molecule has 0 unspecified atom stereocenters. The summed E-state index contributed by atoms with van der Waals surface area (Å²) in [5.74, 6) is -0.868. The number of carbonyl (C=O) groups excluding carboxylic acids is 2. The van der Waals surface area contributed by atoms with E-state index in [2.05, 4.69) is 0 Å². The molecular formula is C13H16O4. The highest BCUT2D eigenvalue weighted by Crippen LogP contribution is 2.24. The number of ether oxygens (including phenoxy) is 2. The van der Waals surface area contributed by atoms with Gasteiger partial charge >= 0.3 is 5.97 Å². The maximum Gasteiger partial charge on any atom is 0.379 e. The Balaban J connectivity index is 3.17. The van der Waals surface area contributed by atoms with Gasteiger partial charge in [0.05, 0.1) is 13.7 Å². The fraction of sp³-hybridized carbons (Fsp3) is 0.385. The number of Topliss-reactive ketones (excluding diaryl/α,β-unsaturated/α-hetero) is 1. The number of esters is 1. The van der Waals surface area contributed by atoms with Crippen molar-refractivity contribution >= 4 is 11.8 Å². The normalized spacial score (nSPS) is 9.88. The summed E-state index contributed by atoms with van der Waals surface area (Å²) in [4.78, 5) is 23.2. The smallest absolute Gasteiger partial charge is 0.379 e. The first-order chi connectivity index (χ1) is 8.01. The average molecular weight is 236 g/mol. The summed E-state index contributed by atoms with van der Waals surface area (Å²) in [5, 5.41) is 0. The SMILES string of the molecule is CCOC(=O)C(=O)c1cc(C)cc(OC)c1C. The molecule has 0 heterocycles.